The molecule has 1 aliphatic heterocycles. The van der Waals surface area contributed by atoms with Crippen molar-refractivity contribution in [2.24, 2.45) is 10.6 Å². The molecule has 1 spiro atoms. The van der Waals surface area contributed by atoms with Gasteiger partial charge in [-0.1, -0.05) is 47.2 Å². The van der Waals surface area contributed by atoms with Crippen LogP contribution in [0.5, 0.6) is 0 Å². The Morgan fingerprint density at radius 1 is 1.41 bits per heavy atom. The predicted molar refractivity (Wildman–Crippen MR) is 120 cm³/mol. The lowest BCUT2D eigenvalue weighted by molar-refractivity contribution is 0.112. The van der Waals surface area contributed by atoms with E-state index in [1.807, 2.05) is 13.8 Å². The van der Waals surface area contributed by atoms with E-state index < -0.39 is 16.1 Å². The zero-order valence-electron chi connectivity index (χ0n) is 16.7. The largest absolute Gasteiger partial charge is 0.598 e. The number of aldehydes is 1. The lowest BCUT2D eigenvalue weighted by Crippen LogP contribution is -2.46. The summed E-state index contributed by atoms with van der Waals surface area (Å²) in [6.07, 6.45) is 4.67. The molecule has 2 aliphatic rings. The Morgan fingerprint density at radius 3 is 2.72 bits per heavy atom. The number of piperidine rings is 1. The van der Waals surface area contributed by atoms with Crippen molar-refractivity contribution < 1.29 is 9.35 Å². The molecule has 1 aromatic heterocycles. The molecule has 0 radical (unpaired) electrons. The minimum Gasteiger partial charge on any atom is -0.598 e. The highest BCUT2D eigenvalue weighted by atomic mass is 35.5. The van der Waals surface area contributed by atoms with Gasteiger partial charge in [-0.3, -0.25) is 4.79 Å². The summed E-state index contributed by atoms with van der Waals surface area (Å²) in [6, 6.07) is 8.67. The van der Waals surface area contributed by atoms with E-state index in [1.165, 1.54) is 22.5 Å². The molecule has 1 aliphatic carbocycles. The number of carbonyl (C=O) groups is 1. The average Bonchev–Trinajstić information content (AvgIpc) is 3.20. The van der Waals surface area contributed by atoms with Crippen molar-refractivity contribution in [3.05, 3.63) is 45.4 Å². The standard InChI is InChI=1S/C21H26ClN3O2S2/c1-20(2,29(23)27)12-16-15-6-4-3-5-14(15)11-21(16)7-9-25(10-8-21)19-24-18(22)17(13-26)28-19/h3-6,13,16H,7-12,23H2,1-2H3/t16-,29?/m1/s1. The molecule has 1 saturated heterocycles. The topological polar surface area (TPSA) is 82.3 Å². The van der Waals surface area contributed by atoms with Gasteiger partial charge in [0.05, 0.1) is 0 Å². The lowest BCUT2D eigenvalue weighted by Gasteiger charge is -2.45. The summed E-state index contributed by atoms with van der Waals surface area (Å²) in [5.74, 6) is 0.341. The van der Waals surface area contributed by atoms with E-state index in [9.17, 15) is 9.35 Å². The van der Waals surface area contributed by atoms with Crippen LogP contribution in [-0.4, -0.2) is 33.7 Å². The molecule has 1 fully saturated rings. The first kappa shape index (κ1) is 21.1. The van der Waals surface area contributed by atoms with Gasteiger partial charge in [0.1, 0.15) is 9.62 Å². The monoisotopic (exact) mass is 451 g/mol. The molecule has 8 heteroatoms. The fourth-order valence-electron chi connectivity index (χ4n) is 4.95. The zero-order chi connectivity index (χ0) is 20.8. The normalized spacial score (nSPS) is 22.0. The van der Waals surface area contributed by atoms with E-state index in [0.29, 0.717) is 15.9 Å². The maximum Gasteiger partial charge on any atom is 0.187 e. The van der Waals surface area contributed by atoms with E-state index >= 15 is 0 Å². The summed E-state index contributed by atoms with van der Waals surface area (Å²) < 4.78 is 11.7. The second-order valence-corrected chi connectivity index (χ2v) is 11.9. The van der Waals surface area contributed by atoms with Crippen LogP contribution in [-0.2, 0) is 17.8 Å². The summed E-state index contributed by atoms with van der Waals surface area (Å²) in [7, 11) is 0. The number of anilines is 1. The highest BCUT2D eigenvalue weighted by molar-refractivity contribution is 7.90. The number of hydrogen-bond donors (Lipinski definition) is 1. The van der Waals surface area contributed by atoms with Crippen LogP contribution in [0.3, 0.4) is 0 Å². The molecule has 1 aromatic carbocycles. The van der Waals surface area contributed by atoms with Gasteiger partial charge < -0.3 is 9.45 Å². The number of halogens is 1. The highest BCUT2D eigenvalue weighted by Gasteiger charge is 2.50. The van der Waals surface area contributed by atoms with Crippen molar-refractivity contribution >= 4 is 45.7 Å². The van der Waals surface area contributed by atoms with Crippen LogP contribution in [0, 0.1) is 5.41 Å². The molecule has 4 rings (SSSR count). The number of rotatable bonds is 5. The minimum atomic E-state index is -1.37. The summed E-state index contributed by atoms with van der Waals surface area (Å²) in [5, 5.41) is 6.94. The third-order valence-electron chi connectivity index (χ3n) is 6.69. The zero-order valence-corrected chi connectivity index (χ0v) is 19.1. The predicted octanol–water partition coefficient (Wildman–Crippen LogP) is 4.33. The third kappa shape index (κ3) is 3.83. The quantitative estimate of drug-likeness (QED) is 0.540. The molecule has 1 unspecified atom stereocenters. The second-order valence-electron chi connectivity index (χ2n) is 8.81. The van der Waals surface area contributed by atoms with E-state index in [2.05, 4.69) is 34.1 Å². The number of nitrogens with two attached hydrogens (primary N) is 1. The van der Waals surface area contributed by atoms with Crippen LogP contribution in [0.1, 0.15) is 59.8 Å². The van der Waals surface area contributed by atoms with Gasteiger partial charge in [-0.25, -0.2) is 4.98 Å². The summed E-state index contributed by atoms with van der Waals surface area (Å²) in [6.45, 7) is 5.76. The molecule has 2 N–H and O–H groups in total. The molecular formula is C21H26ClN3O2S2. The number of fused-ring (bicyclic) bond motifs is 1. The molecule has 0 bridgehead atoms. The van der Waals surface area contributed by atoms with E-state index in [-0.39, 0.29) is 5.41 Å². The molecular weight excluding hydrogens is 426 g/mol. The first-order chi connectivity index (χ1) is 13.8. The van der Waals surface area contributed by atoms with E-state index in [1.54, 1.807) is 0 Å². The number of carbonyl (C=O) groups excluding carboxylic acids is 1. The maximum atomic E-state index is 12.2. The number of hydrogen-bond acceptors (Lipinski definition) is 6. The van der Waals surface area contributed by atoms with Crippen molar-refractivity contribution in [1.29, 1.82) is 0 Å². The van der Waals surface area contributed by atoms with Crippen molar-refractivity contribution in [2.75, 3.05) is 18.0 Å². The molecule has 0 saturated carbocycles. The van der Waals surface area contributed by atoms with E-state index in [0.717, 1.165) is 50.2 Å². The average molecular weight is 452 g/mol. The summed E-state index contributed by atoms with van der Waals surface area (Å²) >= 11 is 6.06. The van der Waals surface area contributed by atoms with Crippen LogP contribution >= 0.6 is 22.9 Å². The molecule has 5 nitrogen and oxygen atoms in total. The van der Waals surface area contributed by atoms with Gasteiger partial charge in [-0.05, 0) is 55.6 Å². The third-order valence-corrected chi connectivity index (χ3v) is 9.39. The number of benzene rings is 1. The maximum absolute atomic E-state index is 12.2. The van der Waals surface area contributed by atoms with Gasteiger partial charge in [-0.2, -0.15) is 5.14 Å². The minimum absolute atomic E-state index is 0.144. The number of aromatic nitrogens is 1. The van der Waals surface area contributed by atoms with Gasteiger partial charge in [0.2, 0.25) is 0 Å². The van der Waals surface area contributed by atoms with Gasteiger partial charge in [-0.15, -0.1) is 0 Å². The Hall–Kier alpha value is -1.12. The smallest absolute Gasteiger partial charge is 0.187 e. The molecule has 156 valence electrons. The Morgan fingerprint density at radius 2 is 2.10 bits per heavy atom. The van der Waals surface area contributed by atoms with Crippen LogP contribution in [0.25, 0.3) is 0 Å². The Kier molecular flexibility index (Phi) is 5.72. The summed E-state index contributed by atoms with van der Waals surface area (Å²) in [5.41, 5.74) is 2.94. The van der Waals surface area contributed by atoms with Crippen molar-refractivity contribution in [3.8, 4) is 0 Å². The second kappa shape index (κ2) is 7.85. The first-order valence-electron chi connectivity index (χ1n) is 9.86. The van der Waals surface area contributed by atoms with Gasteiger partial charge in [0.25, 0.3) is 0 Å². The van der Waals surface area contributed by atoms with Crippen LogP contribution in [0.2, 0.25) is 5.15 Å². The lowest BCUT2D eigenvalue weighted by atomic mass is 9.67. The fraction of sp³-hybridized carbons (Fsp3) is 0.524. The molecule has 2 heterocycles. The molecule has 2 atom stereocenters. The number of nitrogens with zero attached hydrogens (tertiary/aromatic N) is 2. The van der Waals surface area contributed by atoms with Crippen LogP contribution in [0.4, 0.5) is 5.13 Å². The van der Waals surface area contributed by atoms with Crippen LogP contribution < -0.4 is 10.0 Å². The van der Waals surface area contributed by atoms with Crippen molar-refractivity contribution in [1.82, 2.24) is 4.98 Å². The Balaban J connectivity index is 1.58. The number of thiazole rings is 1. The molecule has 29 heavy (non-hydrogen) atoms. The molecule has 0 amide bonds. The highest BCUT2D eigenvalue weighted by Crippen LogP contribution is 2.56. The summed E-state index contributed by atoms with van der Waals surface area (Å²) in [4.78, 5) is 18.2. The Bertz CT molecular complexity index is 907. The van der Waals surface area contributed by atoms with Crippen molar-refractivity contribution in [2.45, 2.75) is 50.2 Å². The first-order valence-corrected chi connectivity index (χ1v) is 12.3. The molecule has 2 aromatic rings. The SMILES string of the molecule is CC(C)(C[C@@H]1c2ccccc2CC12CCN(c1nc(Cl)c(C=O)s1)CC2)[S+](N)[O-]. The van der Waals surface area contributed by atoms with Crippen LogP contribution in [0.15, 0.2) is 24.3 Å². The van der Waals surface area contributed by atoms with Gasteiger partial charge in [0.15, 0.2) is 16.6 Å². The van der Waals surface area contributed by atoms with Crippen molar-refractivity contribution in [3.63, 3.8) is 0 Å². The Labute approximate surface area is 184 Å². The van der Waals surface area contributed by atoms with Gasteiger partial charge in [0, 0.05) is 30.9 Å². The van der Waals surface area contributed by atoms with Gasteiger partial charge >= 0.3 is 0 Å². The van der Waals surface area contributed by atoms with E-state index in [4.69, 9.17) is 16.7 Å². The fourth-order valence-corrected chi connectivity index (χ4v) is 6.39.